The van der Waals surface area contributed by atoms with Crippen molar-refractivity contribution in [1.29, 1.82) is 0 Å². The highest BCUT2D eigenvalue weighted by molar-refractivity contribution is 5.68. The molecule has 0 bridgehead atoms. The standard InChI is InChI=1S/C15H19N3O/c1-3-6-13-14(17-10-18-15(13)16)11-7-5-8-12(9-11)19-4-2/h5,7-10H,3-4,6H2,1-2H3,(H2,16,17,18). The summed E-state index contributed by atoms with van der Waals surface area (Å²) >= 11 is 0. The van der Waals surface area contributed by atoms with Gasteiger partial charge >= 0.3 is 0 Å². The zero-order valence-electron chi connectivity index (χ0n) is 11.4. The highest BCUT2D eigenvalue weighted by atomic mass is 16.5. The van der Waals surface area contributed by atoms with Gasteiger partial charge in [0.15, 0.2) is 0 Å². The van der Waals surface area contributed by atoms with Crippen LogP contribution in [-0.2, 0) is 6.42 Å². The van der Waals surface area contributed by atoms with E-state index in [0.29, 0.717) is 12.4 Å². The van der Waals surface area contributed by atoms with Crippen LogP contribution in [0.5, 0.6) is 5.75 Å². The molecule has 2 aromatic rings. The van der Waals surface area contributed by atoms with E-state index in [1.165, 1.54) is 6.33 Å². The van der Waals surface area contributed by atoms with Crippen molar-refractivity contribution in [3.8, 4) is 17.0 Å². The highest BCUT2D eigenvalue weighted by Gasteiger charge is 2.11. The van der Waals surface area contributed by atoms with E-state index >= 15 is 0 Å². The summed E-state index contributed by atoms with van der Waals surface area (Å²) in [7, 11) is 0. The molecular weight excluding hydrogens is 238 g/mol. The number of nitrogens with two attached hydrogens (primary N) is 1. The van der Waals surface area contributed by atoms with Crippen molar-refractivity contribution in [1.82, 2.24) is 9.97 Å². The average molecular weight is 257 g/mol. The van der Waals surface area contributed by atoms with E-state index in [4.69, 9.17) is 10.5 Å². The number of hydrogen-bond acceptors (Lipinski definition) is 4. The average Bonchev–Trinajstić information content (AvgIpc) is 2.42. The van der Waals surface area contributed by atoms with Gasteiger partial charge in [-0.05, 0) is 25.5 Å². The minimum absolute atomic E-state index is 0.564. The predicted octanol–water partition coefficient (Wildman–Crippen LogP) is 3.08. The summed E-state index contributed by atoms with van der Waals surface area (Å²) in [5, 5.41) is 0. The van der Waals surface area contributed by atoms with E-state index < -0.39 is 0 Å². The molecule has 2 rings (SSSR count). The Balaban J connectivity index is 2.46. The van der Waals surface area contributed by atoms with Crippen molar-refractivity contribution in [2.75, 3.05) is 12.3 Å². The van der Waals surface area contributed by atoms with Gasteiger partial charge in [0.25, 0.3) is 0 Å². The molecule has 0 unspecified atom stereocenters. The van der Waals surface area contributed by atoms with Gasteiger partial charge in [0.05, 0.1) is 12.3 Å². The van der Waals surface area contributed by atoms with Crippen LogP contribution in [0.3, 0.4) is 0 Å². The van der Waals surface area contributed by atoms with Gasteiger partial charge in [-0.25, -0.2) is 9.97 Å². The molecular formula is C15H19N3O. The first-order valence-corrected chi connectivity index (χ1v) is 6.58. The molecule has 0 atom stereocenters. The van der Waals surface area contributed by atoms with Crippen LogP contribution in [0.15, 0.2) is 30.6 Å². The fourth-order valence-corrected chi connectivity index (χ4v) is 2.07. The predicted molar refractivity (Wildman–Crippen MR) is 77.0 cm³/mol. The maximum absolute atomic E-state index is 5.96. The lowest BCUT2D eigenvalue weighted by atomic mass is 10.0. The lowest BCUT2D eigenvalue weighted by Gasteiger charge is -2.11. The summed E-state index contributed by atoms with van der Waals surface area (Å²) in [4.78, 5) is 8.46. The summed E-state index contributed by atoms with van der Waals surface area (Å²) in [5.74, 6) is 1.41. The largest absolute Gasteiger partial charge is 0.494 e. The van der Waals surface area contributed by atoms with Crippen LogP contribution in [0.1, 0.15) is 25.8 Å². The second kappa shape index (κ2) is 6.18. The third kappa shape index (κ3) is 3.02. The molecule has 0 aliphatic rings. The van der Waals surface area contributed by atoms with Gasteiger partial charge in [-0.2, -0.15) is 0 Å². The summed E-state index contributed by atoms with van der Waals surface area (Å²) in [5.41, 5.74) is 8.89. The highest BCUT2D eigenvalue weighted by Crippen LogP contribution is 2.28. The van der Waals surface area contributed by atoms with Crippen molar-refractivity contribution in [3.05, 3.63) is 36.2 Å². The second-order valence-corrected chi connectivity index (χ2v) is 4.30. The minimum Gasteiger partial charge on any atom is -0.494 e. The Morgan fingerprint density at radius 2 is 2.05 bits per heavy atom. The first-order chi connectivity index (χ1) is 9.26. The van der Waals surface area contributed by atoms with Crippen LogP contribution in [-0.4, -0.2) is 16.6 Å². The number of aromatic nitrogens is 2. The Labute approximate surface area is 113 Å². The van der Waals surface area contributed by atoms with Crippen LogP contribution in [0.25, 0.3) is 11.3 Å². The first-order valence-electron chi connectivity index (χ1n) is 6.58. The lowest BCUT2D eigenvalue weighted by molar-refractivity contribution is 0.340. The van der Waals surface area contributed by atoms with E-state index in [1.807, 2.05) is 31.2 Å². The van der Waals surface area contributed by atoms with Crippen molar-refractivity contribution >= 4 is 5.82 Å². The van der Waals surface area contributed by atoms with Gasteiger partial charge in [-0.1, -0.05) is 25.5 Å². The number of ether oxygens (including phenoxy) is 1. The summed E-state index contributed by atoms with van der Waals surface area (Å²) in [6.07, 6.45) is 3.40. The monoisotopic (exact) mass is 257 g/mol. The Morgan fingerprint density at radius 1 is 1.21 bits per heavy atom. The molecule has 0 spiro atoms. The molecule has 4 nitrogen and oxygen atoms in total. The van der Waals surface area contributed by atoms with E-state index in [9.17, 15) is 0 Å². The summed E-state index contributed by atoms with van der Waals surface area (Å²) < 4.78 is 5.52. The molecule has 4 heteroatoms. The molecule has 0 fully saturated rings. The Bertz CT molecular complexity index is 555. The van der Waals surface area contributed by atoms with Gasteiger partial charge in [0, 0.05) is 11.1 Å². The van der Waals surface area contributed by atoms with Gasteiger partial charge in [0.1, 0.15) is 17.9 Å². The van der Waals surface area contributed by atoms with Crippen molar-refractivity contribution in [2.24, 2.45) is 0 Å². The zero-order valence-corrected chi connectivity index (χ0v) is 11.4. The van der Waals surface area contributed by atoms with Crippen LogP contribution in [0.2, 0.25) is 0 Å². The molecule has 2 N–H and O–H groups in total. The summed E-state index contributed by atoms with van der Waals surface area (Å²) in [6, 6.07) is 7.92. The van der Waals surface area contributed by atoms with Crippen molar-refractivity contribution < 1.29 is 4.74 Å². The molecule has 0 saturated heterocycles. The third-order valence-corrected chi connectivity index (χ3v) is 2.90. The molecule has 1 aromatic carbocycles. The molecule has 0 aliphatic heterocycles. The number of hydrogen-bond donors (Lipinski definition) is 1. The second-order valence-electron chi connectivity index (χ2n) is 4.30. The number of benzene rings is 1. The quantitative estimate of drug-likeness (QED) is 0.894. The molecule has 100 valence electrons. The SMILES string of the molecule is CCCc1c(N)ncnc1-c1cccc(OCC)c1. The number of nitrogen functional groups attached to an aromatic ring is 1. The number of rotatable bonds is 5. The van der Waals surface area contributed by atoms with Gasteiger partial charge in [0.2, 0.25) is 0 Å². The molecule has 0 saturated carbocycles. The van der Waals surface area contributed by atoms with Crippen molar-refractivity contribution in [3.63, 3.8) is 0 Å². The van der Waals surface area contributed by atoms with Crippen LogP contribution < -0.4 is 10.5 Å². The normalized spacial score (nSPS) is 10.4. The van der Waals surface area contributed by atoms with E-state index in [2.05, 4.69) is 16.9 Å². The van der Waals surface area contributed by atoms with E-state index in [0.717, 1.165) is 35.4 Å². The van der Waals surface area contributed by atoms with Gasteiger partial charge in [-0.3, -0.25) is 0 Å². The maximum atomic E-state index is 5.96. The molecule has 1 aromatic heterocycles. The third-order valence-electron chi connectivity index (χ3n) is 2.90. The maximum Gasteiger partial charge on any atom is 0.130 e. The van der Waals surface area contributed by atoms with Gasteiger partial charge < -0.3 is 10.5 Å². The lowest BCUT2D eigenvalue weighted by Crippen LogP contribution is -2.02. The smallest absolute Gasteiger partial charge is 0.130 e. The molecule has 19 heavy (non-hydrogen) atoms. The Hall–Kier alpha value is -2.10. The Morgan fingerprint density at radius 3 is 2.79 bits per heavy atom. The fraction of sp³-hybridized carbons (Fsp3) is 0.333. The molecule has 1 heterocycles. The zero-order chi connectivity index (χ0) is 13.7. The summed E-state index contributed by atoms with van der Waals surface area (Å²) in [6.45, 7) is 4.74. The Kier molecular flexibility index (Phi) is 4.34. The topological polar surface area (TPSA) is 61.0 Å². The van der Waals surface area contributed by atoms with E-state index in [1.54, 1.807) is 0 Å². The minimum atomic E-state index is 0.564. The van der Waals surface area contributed by atoms with Crippen molar-refractivity contribution in [2.45, 2.75) is 26.7 Å². The van der Waals surface area contributed by atoms with Crippen LogP contribution >= 0.6 is 0 Å². The fourth-order valence-electron chi connectivity index (χ4n) is 2.07. The number of nitrogens with zero attached hydrogens (tertiary/aromatic N) is 2. The number of anilines is 1. The first kappa shape index (κ1) is 13.3. The van der Waals surface area contributed by atoms with Crippen LogP contribution in [0, 0.1) is 0 Å². The van der Waals surface area contributed by atoms with E-state index in [-0.39, 0.29) is 0 Å². The van der Waals surface area contributed by atoms with Gasteiger partial charge in [-0.15, -0.1) is 0 Å². The molecule has 0 amide bonds. The van der Waals surface area contributed by atoms with Crippen LogP contribution in [0.4, 0.5) is 5.82 Å². The molecule has 0 radical (unpaired) electrons. The molecule has 0 aliphatic carbocycles.